The monoisotopic (exact) mass is 390 g/mol. The van der Waals surface area contributed by atoms with Crippen molar-refractivity contribution in [2.24, 2.45) is 0 Å². The second kappa shape index (κ2) is 6.74. The van der Waals surface area contributed by atoms with Crippen LogP contribution in [0.3, 0.4) is 0 Å². The van der Waals surface area contributed by atoms with Gasteiger partial charge in [0, 0.05) is 12.7 Å². The molecule has 0 spiro atoms. The van der Waals surface area contributed by atoms with Crippen molar-refractivity contribution in [1.29, 1.82) is 0 Å². The minimum absolute atomic E-state index is 0.0484. The van der Waals surface area contributed by atoms with Crippen molar-refractivity contribution >= 4 is 37.6 Å². The number of sulfonamides is 1. The first-order chi connectivity index (χ1) is 9.92. The van der Waals surface area contributed by atoms with E-state index in [4.69, 9.17) is 16.3 Å². The third-order valence-corrected chi connectivity index (χ3v) is 5.21. The smallest absolute Gasteiger partial charge is 0.242 e. The Bertz CT molecular complexity index is 736. The Balaban J connectivity index is 2.11. The number of pyridine rings is 1. The molecule has 0 aliphatic heterocycles. The van der Waals surface area contributed by atoms with E-state index in [1.54, 1.807) is 31.4 Å². The summed E-state index contributed by atoms with van der Waals surface area (Å²) in [6.45, 7) is 0.173. The lowest BCUT2D eigenvalue weighted by Gasteiger charge is -2.08. The number of methoxy groups -OCH3 is 1. The highest BCUT2D eigenvalue weighted by Crippen LogP contribution is 2.22. The van der Waals surface area contributed by atoms with Gasteiger partial charge in [0.2, 0.25) is 10.0 Å². The van der Waals surface area contributed by atoms with Gasteiger partial charge in [-0.1, -0.05) is 23.7 Å². The molecule has 1 N–H and O–H groups in total. The molecule has 2 rings (SSSR count). The largest absolute Gasteiger partial charge is 0.497 e. The zero-order valence-corrected chi connectivity index (χ0v) is 14.2. The van der Waals surface area contributed by atoms with E-state index in [9.17, 15) is 8.42 Å². The van der Waals surface area contributed by atoms with Gasteiger partial charge in [0.15, 0.2) is 0 Å². The van der Waals surface area contributed by atoms with Crippen molar-refractivity contribution in [3.63, 3.8) is 0 Å². The molecule has 0 aliphatic carbocycles. The zero-order chi connectivity index (χ0) is 15.5. The van der Waals surface area contributed by atoms with Crippen molar-refractivity contribution in [2.75, 3.05) is 7.11 Å². The molecule has 1 heterocycles. The predicted molar refractivity (Wildman–Crippen MR) is 84.0 cm³/mol. The summed E-state index contributed by atoms with van der Waals surface area (Å²) in [5.41, 5.74) is 0.820. The van der Waals surface area contributed by atoms with Crippen LogP contribution in [0.15, 0.2) is 45.9 Å². The van der Waals surface area contributed by atoms with Crippen LogP contribution in [0.5, 0.6) is 5.75 Å². The van der Waals surface area contributed by atoms with Gasteiger partial charge < -0.3 is 4.74 Å². The van der Waals surface area contributed by atoms with Gasteiger partial charge in [0.05, 0.1) is 11.6 Å². The van der Waals surface area contributed by atoms with Gasteiger partial charge in [0.1, 0.15) is 15.8 Å². The topological polar surface area (TPSA) is 68.3 Å². The first-order valence-electron chi connectivity index (χ1n) is 5.86. The summed E-state index contributed by atoms with van der Waals surface area (Å²) in [5, 5.41) is 0.212. The second-order valence-corrected chi connectivity index (χ2v) is 7.10. The van der Waals surface area contributed by atoms with E-state index >= 15 is 0 Å². The van der Waals surface area contributed by atoms with Crippen molar-refractivity contribution in [3.8, 4) is 5.75 Å². The molecule has 0 saturated heterocycles. The Morgan fingerprint density at radius 2 is 2.00 bits per heavy atom. The Hall–Kier alpha value is -1.15. The van der Waals surface area contributed by atoms with Crippen LogP contribution >= 0.6 is 27.5 Å². The van der Waals surface area contributed by atoms with E-state index < -0.39 is 10.0 Å². The molecule has 0 saturated carbocycles. The fraction of sp³-hybridized carbons (Fsp3) is 0.154. The maximum absolute atomic E-state index is 12.2. The van der Waals surface area contributed by atoms with Gasteiger partial charge in [-0.2, -0.15) is 0 Å². The number of hydrogen-bond acceptors (Lipinski definition) is 4. The van der Waals surface area contributed by atoms with Gasteiger partial charge in [0.25, 0.3) is 0 Å². The molecule has 8 heteroatoms. The van der Waals surface area contributed by atoms with Gasteiger partial charge in [-0.25, -0.2) is 18.1 Å². The molecule has 0 aliphatic rings. The third kappa shape index (κ3) is 4.16. The van der Waals surface area contributed by atoms with E-state index in [1.807, 2.05) is 0 Å². The van der Waals surface area contributed by atoms with Crippen LogP contribution in [0, 0.1) is 0 Å². The Kier molecular flexibility index (Phi) is 5.21. The second-order valence-electron chi connectivity index (χ2n) is 4.12. The molecular formula is C13H12BrClN2O3S. The SMILES string of the molecule is COc1ccc(CNS(=O)(=O)c2cnc(Cl)c(Br)c2)cc1. The molecule has 0 bridgehead atoms. The molecule has 1 aromatic carbocycles. The summed E-state index contributed by atoms with van der Waals surface area (Å²) in [7, 11) is -2.07. The van der Waals surface area contributed by atoms with Crippen LogP contribution in [-0.2, 0) is 16.6 Å². The first kappa shape index (κ1) is 16.2. The summed E-state index contributed by atoms with van der Waals surface area (Å²) < 4.78 is 32.3. The molecule has 1 aromatic heterocycles. The number of ether oxygens (including phenoxy) is 1. The molecule has 2 aromatic rings. The molecule has 0 atom stereocenters. The average Bonchev–Trinajstić information content (AvgIpc) is 2.48. The quantitative estimate of drug-likeness (QED) is 0.796. The van der Waals surface area contributed by atoms with Crippen LogP contribution in [0.4, 0.5) is 0 Å². The van der Waals surface area contributed by atoms with Gasteiger partial charge in [-0.15, -0.1) is 0 Å². The van der Waals surface area contributed by atoms with Crippen molar-refractivity contribution in [3.05, 3.63) is 51.7 Å². The van der Waals surface area contributed by atoms with E-state index in [0.717, 1.165) is 5.56 Å². The van der Waals surface area contributed by atoms with E-state index in [-0.39, 0.29) is 16.6 Å². The van der Waals surface area contributed by atoms with Crippen molar-refractivity contribution in [2.45, 2.75) is 11.4 Å². The molecule has 5 nitrogen and oxygen atoms in total. The predicted octanol–water partition coefficient (Wildman–Crippen LogP) is 2.98. The number of benzene rings is 1. The highest BCUT2D eigenvalue weighted by atomic mass is 79.9. The number of halogens is 2. The summed E-state index contributed by atoms with van der Waals surface area (Å²) in [6.07, 6.45) is 1.21. The lowest BCUT2D eigenvalue weighted by atomic mass is 10.2. The summed E-state index contributed by atoms with van der Waals surface area (Å²) in [4.78, 5) is 3.85. The molecule has 21 heavy (non-hydrogen) atoms. The van der Waals surface area contributed by atoms with Gasteiger partial charge >= 0.3 is 0 Å². The third-order valence-electron chi connectivity index (χ3n) is 2.71. The minimum atomic E-state index is -3.65. The van der Waals surface area contributed by atoms with Crippen LogP contribution in [0.2, 0.25) is 5.15 Å². The van der Waals surface area contributed by atoms with Crippen LogP contribution in [-0.4, -0.2) is 20.5 Å². The average molecular weight is 392 g/mol. The lowest BCUT2D eigenvalue weighted by molar-refractivity contribution is 0.414. The van der Waals surface area contributed by atoms with Crippen LogP contribution in [0.25, 0.3) is 0 Å². The van der Waals surface area contributed by atoms with Crippen LogP contribution < -0.4 is 9.46 Å². The standard InChI is InChI=1S/C13H12BrClN2O3S/c1-20-10-4-2-9(3-5-10)7-17-21(18,19)11-6-12(14)13(15)16-8-11/h2-6,8,17H,7H2,1H3. The highest BCUT2D eigenvalue weighted by Gasteiger charge is 2.15. The number of hydrogen-bond donors (Lipinski definition) is 1. The molecule has 112 valence electrons. The Morgan fingerprint density at radius 3 is 2.57 bits per heavy atom. The first-order valence-corrected chi connectivity index (χ1v) is 8.51. The van der Waals surface area contributed by atoms with E-state index in [0.29, 0.717) is 10.2 Å². The molecule has 0 amide bonds. The van der Waals surface area contributed by atoms with E-state index in [1.165, 1.54) is 12.3 Å². The highest BCUT2D eigenvalue weighted by molar-refractivity contribution is 9.10. The summed E-state index contributed by atoms with van der Waals surface area (Å²) >= 11 is 8.90. The number of aromatic nitrogens is 1. The Labute approximate surface area is 136 Å². The van der Waals surface area contributed by atoms with Gasteiger partial charge in [-0.3, -0.25) is 0 Å². The number of rotatable bonds is 5. The minimum Gasteiger partial charge on any atom is -0.497 e. The fourth-order valence-electron chi connectivity index (χ4n) is 1.56. The Morgan fingerprint density at radius 1 is 1.33 bits per heavy atom. The maximum Gasteiger partial charge on any atom is 0.242 e. The normalized spacial score (nSPS) is 11.4. The lowest BCUT2D eigenvalue weighted by Crippen LogP contribution is -2.23. The summed E-state index contributed by atoms with van der Waals surface area (Å²) in [5.74, 6) is 0.715. The van der Waals surface area contributed by atoms with Gasteiger partial charge in [-0.05, 0) is 39.7 Å². The molecule has 0 unspecified atom stereocenters. The maximum atomic E-state index is 12.2. The van der Waals surface area contributed by atoms with E-state index in [2.05, 4.69) is 25.6 Å². The molecule has 0 fully saturated rings. The number of nitrogens with zero attached hydrogens (tertiary/aromatic N) is 1. The van der Waals surface area contributed by atoms with Crippen molar-refractivity contribution in [1.82, 2.24) is 9.71 Å². The zero-order valence-electron chi connectivity index (χ0n) is 11.0. The number of nitrogens with one attached hydrogen (secondary N) is 1. The fourth-order valence-corrected chi connectivity index (χ4v) is 3.15. The summed E-state index contributed by atoms with van der Waals surface area (Å²) in [6, 6.07) is 8.52. The van der Waals surface area contributed by atoms with Crippen molar-refractivity contribution < 1.29 is 13.2 Å². The molecule has 0 radical (unpaired) electrons. The van der Waals surface area contributed by atoms with Crippen LogP contribution in [0.1, 0.15) is 5.56 Å². The molecular weight excluding hydrogens is 380 g/mol.